The first-order valence-electron chi connectivity index (χ1n) is 8.38. The Kier molecular flexibility index (Phi) is 4.52. The molecule has 0 saturated carbocycles. The molecule has 0 fully saturated rings. The Morgan fingerprint density at radius 2 is 1.96 bits per heavy atom. The number of anilines is 2. The van der Waals surface area contributed by atoms with Crippen molar-refractivity contribution in [1.29, 1.82) is 0 Å². The van der Waals surface area contributed by atoms with Crippen molar-refractivity contribution in [3.63, 3.8) is 0 Å². The Morgan fingerprint density at radius 3 is 2.71 bits per heavy atom. The van der Waals surface area contributed by atoms with Crippen molar-refractivity contribution in [1.82, 2.24) is 9.97 Å². The highest BCUT2D eigenvalue weighted by Gasteiger charge is 2.22. The van der Waals surface area contributed by atoms with E-state index in [4.69, 9.17) is 4.74 Å². The van der Waals surface area contributed by atoms with Crippen molar-refractivity contribution in [2.24, 2.45) is 0 Å². The predicted molar refractivity (Wildman–Crippen MR) is 113 cm³/mol. The maximum absolute atomic E-state index is 12.7. The number of hydrogen-bond donors (Lipinski definition) is 1. The molecular formula is C20H17N3O3S2. The van der Waals surface area contributed by atoms with Gasteiger partial charge in [0.2, 0.25) is 9.84 Å². The fraction of sp³-hybridized carbons (Fsp3) is 0.100. The van der Waals surface area contributed by atoms with Gasteiger partial charge in [-0.05, 0) is 37.3 Å². The molecule has 2 heterocycles. The molecule has 28 heavy (non-hydrogen) atoms. The molecule has 2 aromatic carbocycles. The van der Waals surface area contributed by atoms with E-state index >= 15 is 0 Å². The minimum Gasteiger partial charge on any atom is -0.495 e. The van der Waals surface area contributed by atoms with Gasteiger partial charge in [-0.2, -0.15) is 0 Å². The van der Waals surface area contributed by atoms with E-state index in [1.807, 2.05) is 18.2 Å². The number of rotatable bonds is 5. The van der Waals surface area contributed by atoms with Crippen LogP contribution >= 0.6 is 11.3 Å². The van der Waals surface area contributed by atoms with Crippen LogP contribution in [-0.2, 0) is 9.84 Å². The third-order valence-electron chi connectivity index (χ3n) is 4.38. The molecule has 4 rings (SSSR count). The van der Waals surface area contributed by atoms with E-state index in [1.165, 1.54) is 14.0 Å². The topological polar surface area (TPSA) is 81.2 Å². The molecule has 0 aliphatic carbocycles. The van der Waals surface area contributed by atoms with Crippen molar-refractivity contribution in [2.45, 2.75) is 11.8 Å². The monoisotopic (exact) mass is 411 g/mol. The molecule has 0 spiro atoms. The summed E-state index contributed by atoms with van der Waals surface area (Å²) < 4.78 is 31.8. The van der Waals surface area contributed by atoms with Crippen LogP contribution in [0.15, 0.2) is 64.5 Å². The van der Waals surface area contributed by atoms with Crippen molar-refractivity contribution >= 4 is 53.7 Å². The molecule has 0 aliphatic heterocycles. The highest BCUT2D eigenvalue weighted by molar-refractivity contribution is 7.95. The Labute approximate surface area is 166 Å². The quantitative estimate of drug-likeness (QED) is 0.503. The van der Waals surface area contributed by atoms with Gasteiger partial charge in [-0.15, -0.1) is 11.3 Å². The summed E-state index contributed by atoms with van der Waals surface area (Å²) in [6, 6.07) is 10.9. The van der Waals surface area contributed by atoms with E-state index < -0.39 is 9.84 Å². The first-order chi connectivity index (χ1) is 13.4. The second-order valence-electron chi connectivity index (χ2n) is 6.24. The number of pyridine rings is 1. The van der Waals surface area contributed by atoms with Crippen LogP contribution in [0.3, 0.4) is 0 Å². The van der Waals surface area contributed by atoms with Gasteiger partial charge in [0.25, 0.3) is 0 Å². The SMILES string of the molecule is C=C(C)S(=O)(=O)c1cc2c(Nc3ccc4scnc4c3)ccnc2cc1OC. The number of ether oxygens (including phenoxy) is 1. The van der Waals surface area contributed by atoms with Crippen LogP contribution in [-0.4, -0.2) is 25.5 Å². The van der Waals surface area contributed by atoms with Gasteiger partial charge in [0.1, 0.15) is 10.6 Å². The van der Waals surface area contributed by atoms with Gasteiger partial charge in [-0.25, -0.2) is 13.4 Å². The number of hydrogen-bond acceptors (Lipinski definition) is 7. The zero-order chi connectivity index (χ0) is 19.9. The predicted octanol–water partition coefficient (Wildman–Crippen LogP) is 4.90. The number of nitrogens with one attached hydrogen (secondary N) is 1. The number of thiazole rings is 1. The maximum Gasteiger partial charge on any atom is 0.205 e. The molecule has 6 nitrogen and oxygen atoms in total. The summed E-state index contributed by atoms with van der Waals surface area (Å²) in [4.78, 5) is 8.81. The normalized spacial score (nSPS) is 11.6. The average molecular weight is 412 g/mol. The highest BCUT2D eigenvalue weighted by Crippen LogP contribution is 2.35. The van der Waals surface area contributed by atoms with E-state index in [0.29, 0.717) is 10.9 Å². The lowest BCUT2D eigenvalue weighted by Crippen LogP contribution is -2.05. The van der Waals surface area contributed by atoms with E-state index in [1.54, 1.807) is 41.2 Å². The maximum atomic E-state index is 12.7. The van der Waals surface area contributed by atoms with Gasteiger partial charge in [0.05, 0.1) is 28.4 Å². The lowest BCUT2D eigenvalue weighted by atomic mass is 10.1. The van der Waals surface area contributed by atoms with Gasteiger partial charge >= 0.3 is 0 Å². The summed E-state index contributed by atoms with van der Waals surface area (Å²) in [5.74, 6) is 0.240. The number of fused-ring (bicyclic) bond motifs is 2. The zero-order valence-electron chi connectivity index (χ0n) is 15.3. The molecule has 0 amide bonds. The van der Waals surface area contributed by atoms with Crippen LogP contribution in [0.5, 0.6) is 5.75 Å². The fourth-order valence-corrected chi connectivity index (χ4v) is 4.63. The smallest absolute Gasteiger partial charge is 0.205 e. The zero-order valence-corrected chi connectivity index (χ0v) is 16.9. The standard InChI is InChI=1S/C20H17N3O3S2/c1-12(2)28(24,25)20-9-14-15(6-7-21-16(14)10-18(20)26-3)23-13-4-5-19-17(8-13)22-11-27-19/h4-11H,1H2,2-3H3,(H,21,23). The molecule has 0 saturated heterocycles. The van der Waals surface area contributed by atoms with Crippen molar-refractivity contribution < 1.29 is 13.2 Å². The summed E-state index contributed by atoms with van der Waals surface area (Å²) in [6.07, 6.45) is 1.67. The van der Waals surface area contributed by atoms with E-state index in [9.17, 15) is 8.42 Å². The minimum atomic E-state index is -3.71. The molecule has 0 bridgehead atoms. The number of nitrogens with zero attached hydrogens (tertiary/aromatic N) is 2. The summed E-state index contributed by atoms with van der Waals surface area (Å²) in [5.41, 5.74) is 4.92. The molecular weight excluding hydrogens is 394 g/mol. The molecule has 8 heteroatoms. The summed E-state index contributed by atoms with van der Waals surface area (Å²) in [6.45, 7) is 5.05. The second kappa shape index (κ2) is 6.88. The van der Waals surface area contributed by atoms with Crippen LogP contribution in [0.1, 0.15) is 6.92 Å². The van der Waals surface area contributed by atoms with Gasteiger partial charge < -0.3 is 10.1 Å². The minimum absolute atomic E-state index is 0.0533. The van der Waals surface area contributed by atoms with Crippen LogP contribution < -0.4 is 10.1 Å². The molecule has 0 unspecified atom stereocenters. The Balaban J connectivity index is 1.88. The Morgan fingerprint density at radius 1 is 1.14 bits per heavy atom. The summed E-state index contributed by atoms with van der Waals surface area (Å²) >= 11 is 1.58. The van der Waals surface area contributed by atoms with E-state index in [-0.39, 0.29) is 15.6 Å². The third-order valence-corrected chi connectivity index (χ3v) is 7.01. The van der Waals surface area contributed by atoms with Gasteiger partial charge in [0, 0.05) is 33.9 Å². The number of allylic oxidation sites excluding steroid dienone is 1. The van der Waals surface area contributed by atoms with Crippen LogP contribution in [0.4, 0.5) is 11.4 Å². The fourth-order valence-electron chi connectivity index (χ4n) is 2.91. The van der Waals surface area contributed by atoms with Crippen LogP contribution in [0.2, 0.25) is 0 Å². The molecule has 0 atom stereocenters. The van der Waals surface area contributed by atoms with Crippen molar-refractivity contribution in [3.05, 3.63) is 59.6 Å². The van der Waals surface area contributed by atoms with Gasteiger partial charge in [-0.1, -0.05) is 6.58 Å². The molecule has 0 radical (unpaired) electrons. The summed E-state index contributed by atoms with van der Waals surface area (Å²) in [5, 5.41) is 4.01. The third kappa shape index (κ3) is 3.10. The largest absolute Gasteiger partial charge is 0.495 e. The molecule has 1 N–H and O–H groups in total. The van der Waals surface area contributed by atoms with Crippen LogP contribution in [0.25, 0.3) is 21.1 Å². The average Bonchev–Trinajstić information content (AvgIpc) is 3.15. The van der Waals surface area contributed by atoms with Gasteiger partial charge in [-0.3, -0.25) is 4.98 Å². The first-order valence-corrected chi connectivity index (χ1v) is 10.7. The molecule has 2 aromatic heterocycles. The van der Waals surface area contributed by atoms with Crippen LogP contribution in [0, 0.1) is 0 Å². The number of aromatic nitrogens is 2. The molecule has 4 aromatic rings. The number of benzene rings is 2. The molecule has 142 valence electrons. The lowest BCUT2D eigenvalue weighted by Gasteiger charge is -2.14. The summed E-state index contributed by atoms with van der Waals surface area (Å²) in [7, 11) is -2.27. The van der Waals surface area contributed by atoms with Crippen molar-refractivity contribution in [3.8, 4) is 5.75 Å². The van der Waals surface area contributed by atoms with E-state index in [0.717, 1.165) is 21.6 Å². The van der Waals surface area contributed by atoms with Gasteiger partial charge in [0.15, 0.2) is 0 Å². The van der Waals surface area contributed by atoms with E-state index in [2.05, 4.69) is 21.9 Å². The Hall–Kier alpha value is -2.97. The second-order valence-corrected chi connectivity index (χ2v) is 9.27. The first kappa shape index (κ1) is 18.4. The highest BCUT2D eigenvalue weighted by atomic mass is 32.2. The number of sulfone groups is 1. The molecule has 0 aliphatic rings. The number of methoxy groups -OCH3 is 1. The lowest BCUT2D eigenvalue weighted by molar-refractivity contribution is 0.403. The van der Waals surface area contributed by atoms with Crippen molar-refractivity contribution in [2.75, 3.05) is 12.4 Å². The Bertz CT molecular complexity index is 1330.